The van der Waals surface area contributed by atoms with E-state index in [1.807, 2.05) is 17.0 Å². The van der Waals surface area contributed by atoms with Crippen LogP contribution in [0.15, 0.2) is 30.9 Å². The lowest BCUT2D eigenvalue weighted by molar-refractivity contribution is -0.137. The number of nitrogens with one attached hydrogen (secondary N) is 1. The fraction of sp³-hybridized carbons (Fsp3) is 0.391. The molecule has 1 N–H and O–H groups in total. The Balaban J connectivity index is 1.29. The Kier molecular flexibility index (Phi) is 5.20. The third-order valence-corrected chi connectivity index (χ3v) is 8.21. The number of piperazine rings is 1. The van der Waals surface area contributed by atoms with Crippen LogP contribution in [0.25, 0.3) is 15.7 Å². The van der Waals surface area contributed by atoms with E-state index in [0.717, 1.165) is 72.7 Å². The number of hydrogen-bond donors (Lipinski definition) is 1. The number of amides is 1. The summed E-state index contributed by atoms with van der Waals surface area (Å²) in [7, 11) is 2.11. The van der Waals surface area contributed by atoms with E-state index < -0.39 is 0 Å². The Labute approximate surface area is 200 Å². The van der Waals surface area contributed by atoms with Crippen LogP contribution in [0.3, 0.4) is 0 Å². The molecule has 0 unspecified atom stereocenters. The number of aryl methyl sites for hydroxylation is 1. The minimum Gasteiger partial charge on any atom is -0.340 e. The Bertz CT molecular complexity index is 1360. The molecule has 1 amide bonds. The van der Waals surface area contributed by atoms with Crippen LogP contribution in [0, 0.1) is 5.92 Å². The maximum absolute atomic E-state index is 13.2. The number of likely N-dealkylation sites (N-methyl/N-ethyl adjacent to an activating group) is 1. The van der Waals surface area contributed by atoms with Gasteiger partial charge in [0.25, 0.3) is 0 Å². The molecule has 1 saturated heterocycles. The van der Waals surface area contributed by atoms with Crippen LogP contribution in [-0.4, -0.2) is 68.5 Å². The van der Waals surface area contributed by atoms with Crippen LogP contribution in [-0.2, 0) is 17.6 Å². The molecule has 33 heavy (non-hydrogen) atoms. The number of hydrogen-bond acceptors (Lipinski definition) is 7. The van der Waals surface area contributed by atoms with E-state index in [4.69, 9.17) is 11.6 Å². The van der Waals surface area contributed by atoms with Crippen molar-refractivity contribution in [2.45, 2.75) is 19.3 Å². The molecule has 1 fully saturated rings. The van der Waals surface area contributed by atoms with Gasteiger partial charge in [-0.15, -0.1) is 11.3 Å². The predicted molar refractivity (Wildman–Crippen MR) is 130 cm³/mol. The molecule has 0 bridgehead atoms. The van der Waals surface area contributed by atoms with Gasteiger partial charge in [-0.1, -0.05) is 11.6 Å². The first-order valence-corrected chi connectivity index (χ1v) is 12.4. The summed E-state index contributed by atoms with van der Waals surface area (Å²) in [6, 6.07) is 3.90. The number of halogens is 1. The van der Waals surface area contributed by atoms with Crippen molar-refractivity contribution in [1.29, 1.82) is 0 Å². The summed E-state index contributed by atoms with van der Waals surface area (Å²) in [6.07, 6.45) is 7.62. The number of rotatable bonds is 3. The molecule has 0 radical (unpaired) electrons. The molecule has 0 spiro atoms. The second-order valence-corrected chi connectivity index (χ2v) is 10.3. The van der Waals surface area contributed by atoms with E-state index >= 15 is 0 Å². The standard InChI is InChI=1S/C23H24ClN7OS/c1-29-6-8-30(9-7-29)23(32)14-2-3-16-19(10-14)33-22-20(16)21(25-13-26-22)28-18-11-15-4-5-27-31(15)12-17(18)24/h4-5,11-14H,2-3,6-10H2,1H3,(H,25,26,28)/t14-/m0/s1. The predicted octanol–water partition coefficient (Wildman–Crippen LogP) is 3.61. The second-order valence-electron chi connectivity index (χ2n) is 8.84. The smallest absolute Gasteiger partial charge is 0.226 e. The first-order valence-electron chi connectivity index (χ1n) is 11.2. The molecule has 10 heteroatoms. The molecule has 4 aromatic heterocycles. The first-order chi connectivity index (χ1) is 16.1. The molecule has 8 nitrogen and oxygen atoms in total. The fourth-order valence-electron chi connectivity index (χ4n) is 4.86. The topological polar surface area (TPSA) is 78.7 Å². The molecule has 1 aliphatic heterocycles. The summed E-state index contributed by atoms with van der Waals surface area (Å²) in [5.74, 6) is 1.11. The van der Waals surface area contributed by atoms with Gasteiger partial charge in [-0.25, -0.2) is 14.5 Å². The van der Waals surface area contributed by atoms with Crippen LogP contribution in [0.5, 0.6) is 0 Å². The fourth-order valence-corrected chi connectivity index (χ4v) is 6.33. The van der Waals surface area contributed by atoms with Gasteiger partial charge >= 0.3 is 0 Å². The molecule has 0 aromatic carbocycles. The number of fused-ring (bicyclic) bond motifs is 4. The summed E-state index contributed by atoms with van der Waals surface area (Å²) in [6.45, 7) is 3.55. The second kappa shape index (κ2) is 8.23. The maximum Gasteiger partial charge on any atom is 0.226 e. The third kappa shape index (κ3) is 3.74. The average molecular weight is 482 g/mol. The number of pyridine rings is 1. The average Bonchev–Trinajstić information content (AvgIpc) is 3.43. The van der Waals surface area contributed by atoms with Gasteiger partial charge in [0.2, 0.25) is 5.91 Å². The SMILES string of the molecule is CN1CCN(C(=O)[C@H]2CCc3c(sc4ncnc(Nc5cc6ccnn6cc5Cl)c34)C2)CC1. The molecular weight excluding hydrogens is 458 g/mol. The Morgan fingerprint density at radius 3 is 2.94 bits per heavy atom. The molecular formula is C23H24ClN7OS. The summed E-state index contributed by atoms with van der Waals surface area (Å²) >= 11 is 8.19. The van der Waals surface area contributed by atoms with Crippen molar-refractivity contribution in [3.8, 4) is 0 Å². The molecule has 1 atom stereocenters. The summed E-state index contributed by atoms with van der Waals surface area (Å²) < 4.78 is 1.74. The quantitative estimate of drug-likeness (QED) is 0.481. The molecule has 2 aliphatic rings. The first kappa shape index (κ1) is 20.8. The normalized spacial score (nSPS) is 19.2. The highest BCUT2D eigenvalue weighted by Crippen LogP contribution is 2.41. The van der Waals surface area contributed by atoms with Gasteiger partial charge in [-0.2, -0.15) is 5.10 Å². The van der Waals surface area contributed by atoms with Gasteiger partial charge in [-0.3, -0.25) is 4.79 Å². The van der Waals surface area contributed by atoms with Crippen LogP contribution in [0.4, 0.5) is 11.5 Å². The number of anilines is 2. The molecule has 4 aromatic rings. The Morgan fingerprint density at radius 1 is 1.24 bits per heavy atom. The highest BCUT2D eigenvalue weighted by Gasteiger charge is 2.32. The largest absolute Gasteiger partial charge is 0.340 e. The van der Waals surface area contributed by atoms with Crippen molar-refractivity contribution >= 4 is 56.1 Å². The van der Waals surface area contributed by atoms with Crippen molar-refractivity contribution < 1.29 is 4.79 Å². The van der Waals surface area contributed by atoms with E-state index in [1.54, 1.807) is 34.6 Å². The molecule has 1 aliphatic carbocycles. The zero-order valence-corrected chi connectivity index (χ0v) is 19.9. The molecule has 6 rings (SSSR count). The summed E-state index contributed by atoms with van der Waals surface area (Å²) in [5, 5.41) is 9.28. The lowest BCUT2D eigenvalue weighted by Gasteiger charge is -2.35. The van der Waals surface area contributed by atoms with Crippen molar-refractivity contribution in [2.75, 3.05) is 38.5 Å². The van der Waals surface area contributed by atoms with Crippen molar-refractivity contribution in [2.24, 2.45) is 5.92 Å². The number of carbonyl (C=O) groups excluding carboxylic acids is 1. The van der Waals surface area contributed by atoms with E-state index in [2.05, 4.69) is 32.3 Å². The van der Waals surface area contributed by atoms with Crippen molar-refractivity contribution in [3.05, 3.63) is 46.3 Å². The highest BCUT2D eigenvalue weighted by atomic mass is 35.5. The van der Waals surface area contributed by atoms with Crippen LogP contribution >= 0.6 is 22.9 Å². The minimum atomic E-state index is 0.0528. The summed E-state index contributed by atoms with van der Waals surface area (Å²) in [5.41, 5.74) is 3.00. The van der Waals surface area contributed by atoms with E-state index in [-0.39, 0.29) is 5.92 Å². The lowest BCUT2D eigenvalue weighted by Crippen LogP contribution is -2.49. The van der Waals surface area contributed by atoms with Gasteiger partial charge in [0, 0.05) is 49.4 Å². The van der Waals surface area contributed by atoms with Gasteiger partial charge in [0.1, 0.15) is 17.0 Å². The molecule has 5 heterocycles. The number of aromatic nitrogens is 4. The van der Waals surface area contributed by atoms with Crippen molar-refractivity contribution in [1.82, 2.24) is 29.4 Å². The third-order valence-electron chi connectivity index (χ3n) is 6.75. The van der Waals surface area contributed by atoms with Crippen LogP contribution < -0.4 is 5.32 Å². The van der Waals surface area contributed by atoms with Gasteiger partial charge in [0.05, 0.1) is 21.6 Å². The van der Waals surface area contributed by atoms with Crippen LogP contribution in [0.1, 0.15) is 16.9 Å². The van der Waals surface area contributed by atoms with Gasteiger partial charge in [0.15, 0.2) is 0 Å². The zero-order valence-electron chi connectivity index (χ0n) is 18.3. The number of nitrogens with zero attached hydrogens (tertiary/aromatic N) is 6. The zero-order chi connectivity index (χ0) is 22.5. The lowest BCUT2D eigenvalue weighted by atomic mass is 9.86. The molecule has 170 valence electrons. The van der Waals surface area contributed by atoms with Gasteiger partial charge < -0.3 is 15.1 Å². The van der Waals surface area contributed by atoms with Crippen molar-refractivity contribution in [3.63, 3.8) is 0 Å². The maximum atomic E-state index is 13.2. The van der Waals surface area contributed by atoms with Crippen LogP contribution in [0.2, 0.25) is 5.02 Å². The summed E-state index contributed by atoms with van der Waals surface area (Å²) in [4.78, 5) is 28.8. The van der Waals surface area contributed by atoms with E-state index in [0.29, 0.717) is 10.9 Å². The van der Waals surface area contributed by atoms with E-state index in [9.17, 15) is 4.79 Å². The Hall–Kier alpha value is -2.75. The Morgan fingerprint density at radius 2 is 2.09 bits per heavy atom. The monoisotopic (exact) mass is 481 g/mol. The number of thiophene rings is 1. The minimum absolute atomic E-state index is 0.0528. The van der Waals surface area contributed by atoms with E-state index in [1.165, 1.54) is 10.4 Å². The molecule has 0 saturated carbocycles. The number of carbonyl (C=O) groups is 1. The highest BCUT2D eigenvalue weighted by molar-refractivity contribution is 7.19. The van der Waals surface area contributed by atoms with Gasteiger partial charge in [-0.05, 0) is 44.0 Å².